The first-order chi connectivity index (χ1) is 10.4. The molecule has 0 aliphatic rings. The molecule has 0 amide bonds. The molecule has 2 aromatic rings. The van der Waals surface area contributed by atoms with Gasteiger partial charge in [-0.1, -0.05) is 67.6 Å². The van der Waals surface area contributed by atoms with Gasteiger partial charge in [-0.15, -0.1) is 0 Å². The van der Waals surface area contributed by atoms with Crippen LogP contribution in [0.25, 0.3) is 0 Å². The molecule has 2 nitrogen and oxygen atoms in total. The van der Waals surface area contributed by atoms with Crippen LogP contribution in [0.3, 0.4) is 0 Å². The summed E-state index contributed by atoms with van der Waals surface area (Å²) in [6, 6.07) is 21.0. The second kappa shape index (κ2) is 9.32. The lowest BCUT2D eigenvalue weighted by molar-refractivity contribution is 0.0867. The molecule has 21 heavy (non-hydrogen) atoms. The van der Waals surface area contributed by atoms with Gasteiger partial charge in [0.2, 0.25) is 0 Å². The molecular weight excluding hydrogens is 258 g/mol. The molecule has 0 saturated heterocycles. The maximum atomic E-state index is 5.91. The van der Waals surface area contributed by atoms with Crippen LogP contribution >= 0.6 is 0 Å². The second-order valence-corrected chi connectivity index (χ2v) is 5.36. The summed E-state index contributed by atoms with van der Waals surface area (Å²) in [7, 11) is 0. The van der Waals surface area contributed by atoms with Crippen molar-refractivity contribution < 1.29 is 4.74 Å². The molecule has 2 rings (SSSR count). The van der Waals surface area contributed by atoms with Crippen LogP contribution in [0, 0.1) is 5.92 Å². The van der Waals surface area contributed by atoms with Crippen LogP contribution < -0.4 is 5.32 Å². The third kappa shape index (κ3) is 6.11. The van der Waals surface area contributed by atoms with E-state index in [1.54, 1.807) is 0 Å². The molecule has 0 heterocycles. The number of benzene rings is 2. The summed E-state index contributed by atoms with van der Waals surface area (Å²) >= 11 is 0. The van der Waals surface area contributed by atoms with E-state index in [0.29, 0.717) is 12.5 Å². The largest absolute Gasteiger partial charge is 0.376 e. The van der Waals surface area contributed by atoms with E-state index in [-0.39, 0.29) is 0 Å². The summed E-state index contributed by atoms with van der Waals surface area (Å²) in [6.07, 6.45) is 1.06. The Kier molecular flexibility index (Phi) is 6.99. The first-order valence-corrected chi connectivity index (χ1v) is 7.74. The van der Waals surface area contributed by atoms with E-state index in [0.717, 1.165) is 26.1 Å². The standard InChI is InChI=1S/C19H25NO/c1-2-20-14-19(13-17-9-5-3-6-10-17)16-21-15-18-11-7-4-8-12-18/h3-12,19-20H,2,13-16H2,1H3. The van der Waals surface area contributed by atoms with Gasteiger partial charge < -0.3 is 10.1 Å². The molecule has 0 spiro atoms. The van der Waals surface area contributed by atoms with Gasteiger partial charge in [0.1, 0.15) is 0 Å². The van der Waals surface area contributed by atoms with Crippen molar-refractivity contribution in [1.82, 2.24) is 5.32 Å². The number of hydrogen-bond acceptors (Lipinski definition) is 2. The Morgan fingerprint density at radius 3 is 2.14 bits per heavy atom. The van der Waals surface area contributed by atoms with Gasteiger partial charge in [0.15, 0.2) is 0 Å². The minimum atomic E-state index is 0.510. The molecule has 0 fully saturated rings. The predicted molar refractivity (Wildman–Crippen MR) is 88.3 cm³/mol. The van der Waals surface area contributed by atoms with Crippen molar-refractivity contribution in [1.29, 1.82) is 0 Å². The van der Waals surface area contributed by atoms with E-state index in [9.17, 15) is 0 Å². The monoisotopic (exact) mass is 283 g/mol. The Labute approximate surface area is 128 Å². The lowest BCUT2D eigenvalue weighted by Gasteiger charge is -2.17. The highest BCUT2D eigenvalue weighted by Crippen LogP contribution is 2.10. The highest BCUT2D eigenvalue weighted by molar-refractivity contribution is 5.15. The van der Waals surface area contributed by atoms with Gasteiger partial charge in [0.25, 0.3) is 0 Å². The molecule has 0 aromatic heterocycles. The highest BCUT2D eigenvalue weighted by Gasteiger charge is 2.09. The summed E-state index contributed by atoms with van der Waals surface area (Å²) in [5, 5.41) is 3.44. The van der Waals surface area contributed by atoms with Gasteiger partial charge in [-0.05, 0) is 30.0 Å². The van der Waals surface area contributed by atoms with Crippen LogP contribution in [-0.2, 0) is 17.8 Å². The average molecular weight is 283 g/mol. The molecule has 2 heteroatoms. The van der Waals surface area contributed by atoms with Gasteiger partial charge in [0.05, 0.1) is 13.2 Å². The summed E-state index contributed by atoms with van der Waals surface area (Å²) < 4.78 is 5.91. The van der Waals surface area contributed by atoms with Gasteiger partial charge >= 0.3 is 0 Å². The molecule has 0 aliphatic heterocycles. The van der Waals surface area contributed by atoms with Crippen molar-refractivity contribution >= 4 is 0 Å². The van der Waals surface area contributed by atoms with Gasteiger partial charge in [0, 0.05) is 6.54 Å². The second-order valence-electron chi connectivity index (χ2n) is 5.36. The average Bonchev–Trinajstić information content (AvgIpc) is 2.54. The van der Waals surface area contributed by atoms with Crippen molar-refractivity contribution in [3.05, 3.63) is 71.8 Å². The number of hydrogen-bond donors (Lipinski definition) is 1. The molecule has 1 N–H and O–H groups in total. The molecule has 0 aliphatic carbocycles. The summed E-state index contributed by atoms with van der Waals surface area (Å²) in [5.74, 6) is 0.510. The van der Waals surface area contributed by atoms with E-state index >= 15 is 0 Å². The zero-order chi connectivity index (χ0) is 14.8. The lowest BCUT2D eigenvalue weighted by atomic mass is 10.00. The number of ether oxygens (including phenoxy) is 1. The number of nitrogens with one attached hydrogen (secondary N) is 1. The van der Waals surface area contributed by atoms with Crippen LogP contribution in [0.5, 0.6) is 0 Å². The summed E-state index contributed by atoms with van der Waals surface area (Å²) in [6.45, 7) is 5.63. The molecule has 1 atom stereocenters. The Balaban J connectivity index is 1.81. The first kappa shape index (κ1) is 15.7. The maximum Gasteiger partial charge on any atom is 0.0717 e. The fraction of sp³-hybridized carbons (Fsp3) is 0.368. The zero-order valence-corrected chi connectivity index (χ0v) is 12.8. The van der Waals surface area contributed by atoms with Crippen molar-refractivity contribution in [3.63, 3.8) is 0 Å². The minimum absolute atomic E-state index is 0.510. The van der Waals surface area contributed by atoms with Crippen molar-refractivity contribution in [2.45, 2.75) is 20.0 Å². The van der Waals surface area contributed by atoms with E-state index in [1.807, 2.05) is 6.07 Å². The van der Waals surface area contributed by atoms with Gasteiger partial charge in [-0.3, -0.25) is 0 Å². The molecule has 2 aromatic carbocycles. The Hall–Kier alpha value is -1.64. The van der Waals surface area contributed by atoms with Crippen molar-refractivity contribution in [3.8, 4) is 0 Å². The zero-order valence-electron chi connectivity index (χ0n) is 12.8. The quantitative estimate of drug-likeness (QED) is 0.758. The molecule has 0 bridgehead atoms. The normalized spacial score (nSPS) is 12.2. The van der Waals surface area contributed by atoms with E-state index in [1.165, 1.54) is 11.1 Å². The molecule has 1 unspecified atom stereocenters. The van der Waals surface area contributed by atoms with Crippen molar-refractivity contribution in [2.75, 3.05) is 19.7 Å². The predicted octanol–water partition coefficient (Wildman–Crippen LogP) is 3.67. The molecular formula is C19H25NO. The maximum absolute atomic E-state index is 5.91. The first-order valence-electron chi connectivity index (χ1n) is 7.74. The van der Waals surface area contributed by atoms with Crippen LogP contribution in [0.1, 0.15) is 18.1 Å². The SMILES string of the molecule is CCNCC(COCc1ccccc1)Cc1ccccc1. The minimum Gasteiger partial charge on any atom is -0.376 e. The Bertz CT molecular complexity index is 483. The van der Waals surface area contributed by atoms with Crippen LogP contribution in [0.2, 0.25) is 0 Å². The topological polar surface area (TPSA) is 21.3 Å². The van der Waals surface area contributed by atoms with Crippen LogP contribution in [-0.4, -0.2) is 19.7 Å². The third-order valence-corrected chi connectivity index (χ3v) is 3.52. The fourth-order valence-electron chi connectivity index (χ4n) is 2.40. The molecule has 0 radical (unpaired) electrons. The Morgan fingerprint density at radius 1 is 0.905 bits per heavy atom. The molecule has 112 valence electrons. The summed E-state index contributed by atoms with van der Waals surface area (Å²) in [4.78, 5) is 0. The fourth-order valence-corrected chi connectivity index (χ4v) is 2.40. The molecule has 0 saturated carbocycles. The van der Waals surface area contributed by atoms with E-state index in [2.05, 4.69) is 66.8 Å². The van der Waals surface area contributed by atoms with Gasteiger partial charge in [-0.25, -0.2) is 0 Å². The highest BCUT2D eigenvalue weighted by atomic mass is 16.5. The van der Waals surface area contributed by atoms with Gasteiger partial charge in [-0.2, -0.15) is 0 Å². The van der Waals surface area contributed by atoms with E-state index < -0.39 is 0 Å². The number of rotatable bonds is 9. The third-order valence-electron chi connectivity index (χ3n) is 3.52. The Morgan fingerprint density at radius 2 is 1.52 bits per heavy atom. The van der Waals surface area contributed by atoms with Crippen molar-refractivity contribution in [2.24, 2.45) is 5.92 Å². The van der Waals surface area contributed by atoms with Crippen LogP contribution in [0.15, 0.2) is 60.7 Å². The van der Waals surface area contributed by atoms with E-state index in [4.69, 9.17) is 4.74 Å². The lowest BCUT2D eigenvalue weighted by Crippen LogP contribution is -2.27. The van der Waals surface area contributed by atoms with Crippen LogP contribution in [0.4, 0.5) is 0 Å². The summed E-state index contributed by atoms with van der Waals surface area (Å²) in [5.41, 5.74) is 2.61. The smallest absolute Gasteiger partial charge is 0.0717 e.